The number of amides is 2. The van der Waals surface area contributed by atoms with Crippen LogP contribution >= 0.6 is 11.6 Å². The zero-order chi connectivity index (χ0) is 23.0. The molecule has 7 heteroatoms. The molecule has 6 nitrogen and oxygen atoms in total. The minimum atomic E-state index is -0.326. The Hall–Kier alpha value is -1.79. The maximum atomic E-state index is 13.6. The van der Waals surface area contributed by atoms with Crippen LogP contribution in [0.2, 0.25) is 5.02 Å². The highest BCUT2D eigenvalue weighted by Crippen LogP contribution is 2.44. The fourth-order valence-electron chi connectivity index (χ4n) is 6.56. The van der Waals surface area contributed by atoms with Gasteiger partial charge in [-0.2, -0.15) is 0 Å². The number of rotatable bonds is 4. The first-order chi connectivity index (χ1) is 15.9. The van der Waals surface area contributed by atoms with E-state index >= 15 is 0 Å². The van der Waals surface area contributed by atoms with Crippen molar-refractivity contribution in [3.63, 3.8) is 0 Å². The highest BCUT2D eigenvalue weighted by molar-refractivity contribution is 6.33. The number of nitrogens with zero attached hydrogens (tertiary/aromatic N) is 2. The maximum absolute atomic E-state index is 13.6. The van der Waals surface area contributed by atoms with Gasteiger partial charge in [0.1, 0.15) is 0 Å². The molecule has 2 saturated carbocycles. The minimum absolute atomic E-state index is 0.0973. The molecule has 5 rings (SSSR count). The summed E-state index contributed by atoms with van der Waals surface area (Å²) < 4.78 is 0. The van der Waals surface area contributed by atoms with Crippen LogP contribution in [0.3, 0.4) is 0 Å². The third-order valence-electron chi connectivity index (χ3n) is 8.51. The third-order valence-corrected chi connectivity index (χ3v) is 8.81. The number of anilines is 2. The summed E-state index contributed by atoms with van der Waals surface area (Å²) in [6, 6.07) is 6.06. The summed E-state index contributed by atoms with van der Waals surface area (Å²) >= 11 is 6.69. The number of likely N-dealkylation sites (tertiary alicyclic amines) is 1. The van der Waals surface area contributed by atoms with Crippen LogP contribution in [0.15, 0.2) is 18.2 Å². The second kappa shape index (κ2) is 9.46. The van der Waals surface area contributed by atoms with Gasteiger partial charge in [0, 0.05) is 37.3 Å². The Morgan fingerprint density at radius 1 is 1.03 bits per heavy atom. The van der Waals surface area contributed by atoms with Crippen molar-refractivity contribution in [3.8, 4) is 0 Å². The number of piperidine rings is 1. The number of carbonyl (C=O) groups is 2. The molecule has 4 fully saturated rings. The van der Waals surface area contributed by atoms with Gasteiger partial charge in [-0.3, -0.25) is 9.59 Å². The van der Waals surface area contributed by atoms with Gasteiger partial charge in [-0.05, 0) is 76.0 Å². The summed E-state index contributed by atoms with van der Waals surface area (Å²) in [6.45, 7) is 2.41. The zero-order valence-electron chi connectivity index (χ0n) is 19.4. The van der Waals surface area contributed by atoms with Gasteiger partial charge in [-0.15, -0.1) is 0 Å². The van der Waals surface area contributed by atoms with Crippen molar-refractivity contribution in [1.29, 1.82) is 0 Å². The van der Waals surface area contributed by atoms with Crippen molar-refractivity contribution in [2.24, 2.45) is 11.3 Å². The quantitative estimate of drug-likeness (QED) is 0.670. The number of hydrogen-bond acceptors (Lipinski definition) is 4. The van der Waals surface area contributed by atoms with Crippen LogP contribution in [0, 0.1) is 11.3 Å². The smallest absolute Gasteiger partial charge is 0.230 e. The molecule has 2 heterocycles. The van der Waals surface area contributed by atoms with Crippen LogP contribution in [0.5, 0.6) is 0 Å². The van der Waals surface area contributed by atoms with E-state index in [2.05, 4.69) is 15.1 Å². The molecule has 2 saturated heterocycles. The molecule has 180 valence electrons. The third kappa shape index (κ3) is 4.61. The first kappa shape index (κ1) is 23.0. The number of halogens is 1. The van der Waals surface area contributed by atoms with Crippen LogP contribution < -0.4 is 10.2 Å². The van der Waals surface area contributed by atoms with E-state index in [0.29, 0.717) is 17.5 Å². The van der Waals surface area contributed by atoms with Crippen molar-refractivity contribution < 1.29 is 14.7 Å². The number of nitrogens with one attached hydrogen (secondary N) is 1. The molecule has 4 aliphatic rings. The molecular formula is C26H36ClN3O3. The van der Waals surface area contributed by atoms with Crippen LogP contribution in [-0.2, 0) is 9.59 Å². The van der Waals surface area contributed by atoms with Gasteiger partial charge in [0.05, 0.1) is 22.2 Å². The Bertz CT molecular complexity index is 895. The average Bonchev–Trinajstić information content (AvgIpc) is 3.45. The van der Waals surface area contributed by atoms with Gasteiger partial charge in [0.25, 0.3) is 0 Å². The topological polar surface area (TPSA) is 72.9 Å². The summed E-state index contributed by atoms with van der Waals surface area (Å²) in [7, 11) is 0. The molecule has 0 aromatic heterocycles. The monoisotopic (exact) mass is 473 g/mol. The maximum Gasteiger partial charge on any atom is 0.230 e. The normalized spacial score (nSPS) is 30.9. The average molecular weight is 474 g/mol. The lowest BCUT2D eigenvalue weighted by Crippen LogP contribution is -2.50. The van der Waals surface area contributed by atoms with Gasteiger partial charge in [-0.25, -0.2) is 0 Å². The fraction of sp³-hybridized carbons (Fsp3) is 0.692. The largest absolute Gasteiger partial charge is 0.393 e. The Morgan fingerprint density at radius 3 is 2.52 bits per heavy atom. The van der Waals surface area contributed by atoms with Crippen molar-refractivity contribution in [2.45, 2.75) is 82.8 Å². The number of benzene rings is 1. The van der Waals surface area contributed by atoms with E-state index in [1.807, 2.05) is 18.2 Å². The molecule has 1 atom stereocenters. The first-order valence-electron chi connectivity index (χ1n) is 12.8. The Kier molecular flexibility index (Phi) is 6.58. The number of hydrogen-bond donors (Lipinski definition) is 2. The van der Waals surface area contributed by atoms with E-state index in [4.69, 9.17) is 11.6 Å². The van der Waals surface area contributed by atoms with Gasteiger partial charge < -0.3 is 20.2 Å². The predicted molar refractivity (Wildman–Crippen MR) is 131 cm³/mol. The van der Waals surface area contributed by atoms with Crippen LogP contribution in [0.1, 0.15) is 70.6 Å². The zero-order valence-corrected chi connectivity index (χ0v) is 20.2. The molecule has 2 aliphatic heterocycles. The molecule has 0 radical (unpaired) electrons. The van der Waals surface area contributed by atoms with Gasteiger partial charge in [0.15, 0.2) is 0 Å². The Morgan fingerprint density at radius 2 is 1.79 bits per heavy atom. The fourth-order valence-corrected chi connectivity index (χ4v) is 6.86. The van der Waals surface area contributed by atoms with E-state index < -0.39 is 0 Å². The van der Waals surface area contributed by atoms with Gasteiger partial charge >= 0.3 is 0 Å². The lowest BCUT2D eigenvalue weighted by molar-refractivity contribution is -0.139. The van der Waals surface area contributed by atoms with Crippen LogP contribution in [-0.4, -0.2) is 53.6 Å². The van der Waals surface area contributed by atoms with Crippen LogP contribution in [0.25, 0.3) is 0 Å². The molecule has 1 spiro atoms. The van der Waals surface area contributed by atoms with Crippen molar-refractivity contribution in [1.82, 2.24) is 4.90 Å². The van der Waals surface area contributed by atoms with Gasteiger partial charge in [-0.1, -0.05) is 24.4 Å². The molecule has 33 heavy (non-hydrogen) atoms. The van der Waals surface area contributed by atoms with Gasteiger partial charge in [0.2, 0.25) is 11.8 Å². The molecule has 2 aliphatic carbocycles. The number of carbonyl (C=O) groups excluding carboxylic acids is 2. The lowest BCUT2D eigenvalue weighted by atomic mass is 9.78. The Labute approximate surface area is 201 Å². The van der Waals surface area contributed by atoms with Crippen molar-refractivity contribution in [3.05, 3.63) is 23.2 Å². The molecule has 2 N–H and O–H groups in total. The SMILES string of the molecule is O=C(Nc1ccc(N2CCC[C@]3(CCN(C4CCC(O)CC4)C3=O)C2)c(Cl)c1)C1CCCC1. The van der Waals surface area contributed by atoms with E-state index in [9.17, 15) is 14.7 Å². The predicted octanol–water partition coefficient (Wildman–Crippen LogP) is 4.59. The summed E-state index contributed by atoms with van der Waals surface area (Å²) in [5.74, 6) is 0.513. The second-order valence-electron chi connectivity index (χ2n) is 10.7. The highest BCUT2D eigenvalue weighted by atomic mass is 35.5. The summed E-state index contributed by atoms with van der Waals surface area (Å²) in [6.07, 6.45) is 10.2. The lowest BCUT2D eigenvalue weighted by Gasteiger charge is -2.41. The minimum Gasteiger partial charge on any atom is -0.393 e. The molecule has 0 bridgehead atoms. The molecule has 1 aromatic carbocycles. The van der Waals surface area contributed by atoms with Crippen LogP contribution in [0.4, 0.5) is 11.4 Å². The standard InChI is InChI=1S/C26H36ClN3O3/c27-22-16-19(28-24(32)18-4-1-2-5-18)6-11-23(22)29-14-3-12-26(17-29)13-15-30(25(26)33)20-7-9-21(31)10-8-20/h6,11,16,18,20-21,31H,1-5,7-10,12-15,17H2,(H,28,32)/t20?,21?,26-/m0/s1. The Balaban J connectivity index is 1.26. The molecular weight excluding hydrogens is 438 g/mol. The van der Waals surface area contributed by atoms with E-state index in [-0.39, 0.29) is 29.4 Å². The molecule has 1 aromatic rings. The summed E-state index contributed by atoms with van der Waals surface area (Å²) in [5.41, 5.74) is 1.36. The molecule has 0 unspecified atom stereocenters. The van der Waals surface area contributed by atoms with Crippen molar-refractivity contribution in [2.75, 3.05) is 29.9 Å². The highest BCUT2D eigenvalue weighted by Gasteiger charge is 2.50. The number of aliphatic hydroxyl groups excluding tert-OH is 1. The van der Waals surface area contributed by atoms with E-state index in [0.717, 1.165) is 95.1 Å². The number of aliphatic hydroxyl groups is 1. The van der Waals surface area contributed by atoms with E-state index in [1.54, 1.807) is 0 Å². The molecule has 2 amide bonds. The van der Waals surface area contributed by atoms with E-state index in [1.165, 1.54) is 0 Å². The first-order valence-corrected chi connectivity index (χ1v) is 13.2. The summed E-state index contributed by atoms with van der Waals surface area (Å²) in [4.78, 5) is 30.4. The van der Waals surface area contributed by atoms with Crippen molar-refractivity contribution >= 4 is 34.8 Å². The summed E-state index contributed by atoms with van der Waals surface area (Å²) in [5, 5.41) is 13.5. The second-order valence-corrected chi connectivity index (χ2v) is 11.1.